The molecular weight excluding hydrogens is 613 g/mol. The van der Waals surface area contributed by atoms with Gasteiger partial charge in [-0.05, 0) is 56.9 Å². The highest BCUT2D eigenvalue weighted by molar-refractivity contribution is 7.31. The highest BCUT2D eigenvalue weighted by Gasteiger charge is 2.48. The maximum Gasteiger partial charge on any atom is 0.388 e. The second-order valence-corrected chi connectivity index (χ2v) is 12.9. The van der Waals surface area contributed by atoms with Crippen LogP contribution in [0.5, 0.6) is 0 Å². The highest BCUT2D eigenvalue weighted by atomic mass is 31.1. The first-order valence-electron chi connectivity index (χ1n) is 16.0. The van der Waals surface area contributed by atoms with Crippen LogP contribution in [0.4, 0.5) is 0 Å². The van der Waals surface area contributed by atoms with Crippen molar-refractivity contribution in [2.24, 2.45) is 4.99 Å². The monoisotopic (exact) mass is 643 g/mol. The van der Waals surface area contributed by atoms with Crippen molar-refractivity contribution >= 4 is 57.6 Å². The summed E-state index contributed by atoms with van der Waals surface area (Å²) in [6, 6.07) is 55.1. The van der Waals surface area contributed by atoms with Gasteiger partial charge in [0.05, 0.1) is 0 Å². The molecule has 232 valence electrons. The van der Waals surface area contributed by atoms with E-state index in [9.17, 15) is 0 Å². The summed E-state index contributed by atoms with van der Waals surface area (Å²) in [5.74, 6) is 0.588. The van der Waals surface area contributed by atoms with Crippen LogP contribution in [0.25, 0.3) is 43.5 Å². The van der Waals surface area contributed by atoms with Gasteiger partial charge in [-0.1, -0.05) is 140 Å². The van der Waals surface area contributed by atoms with Crippen LogP contribution in [-0.2, 0) is 10.3 Å². The number of benzene rings is 7. The Labute approximate surface area is 278 Å². The Balaban J connectivity index is 1.35. The van der Waals surface area contributed by atoms with E-state index >= 15 is 0 Å². The SMILES string of the molecule is c1ccc(C2=N[C@H](C(Op3oc4ccc5ccccc5c4c4c(ccc5ccccc54)o3)(c3ccccc3)c3ccccc3)CO2)cc1. The van der Waals surface area contributed by atoms with Gasteiger partial charge in [0.1, 0.15) is 23.8 Å². The quantitative estimate of drug-likeness (QED) is 0.181. The summed E-state index contributed by atoms with van der Waals surface area (Å²) in [5.41, 5.74) is 3.09. The van der Waals surface area contributed by atoms with Crippen LogP contribution in [0.1, 0.15) is 16.7 Å². The zero-order valence-electron chi connectivity index (χ0n) is 25.9. The second kappa shape index (κ2) is 11.9. The number of nitrogens with zero attached hydrogens (tertiary/aromatic N) is 1. The Morgan fingerprint density at radius 3 is 1.56 bits per heavy atom. The third kappa shape index (κ3) is 4.79. The predicted octanol–water partition coefficient (Wildman–Crippen LogP) is 10.8. The molecule has 0 radical (unpaired) electrons. The Hall–Kier alpha value is -5.61. The van der Waals surface area contributed by atoms with E-state index in [-0.39, 0.29) is 0 Å². The topological polar surface area (TPSA) is 57.1 Å². The minimum absolute atomic E-state index is 0.319. The minimum atomic E-state index is -2.03. The summed E-state index contributed by atoms with van der Waals surface area (Å²) in [4.78, 5) is 5.21. The third-order valence-electron chi connectivity index (χ3n) is 9.14. The summed E-state index contributed by atoms with van der Waals surface area (Å²) in [7, 11) is -2.03. The molecule has 0 saturated carbocycles. The molecule has 5 nitrogen and oxygen atoms in total. The maximum absolute atomic E-state index is 7.37. The van der Waals surface area contributed by atoms with E-state index in [1.54, 1.807) is 0 Å². The molecular formula is C42H30NO4P. The second-order valence-electron chi connectivity index (χ2n) is 11.9. The first-order chi connectivity index (χ1) is 23.8. The van der Waals surface area contributed by atoms with Crippen molar-refractivity contribution in [2.45, 2.75) is 11.6 Å². The summed E-state index contributed by atoms with van der Waals surface area (Å²) in [6.45, 7) is 0.319. The number of ether oxygens (including phenoxy) is 1. The predicted molar refractivity (Wildman–Crippen MR) is 194 cm³/mol. The van der Waals surface area contributed by atoms with Crippen LogP contribution in [0, 0.1) is 0 Å². The summed E-state index contributed by atoms with van der Waals surface area (Å²) in [6.07, 6.45) is 0. The van der Waals surface area contributed by atoms with Crippen molar-refractivity contribution < 1.29 is 17.7 Å². The molecule has 7 aromatic carbocycles. The molecule has 1 atom stereocenters. The lowest BCUT2D eigenvalue weighted by Crippen LogP contribution is -2.45. The van der Waals surface area contributed by atoms with Gasteiger partial charge in [-0.15, -0.1) is 0 Å². The lowest BCUT2D eigenvalue weighted by Gasteiger charge is -2.35. The van der Waals surface area contributed by atoms with Crippen LogP contribution in [0.3, 0.4) is 0 Å². The van der Waals surface area contributed by atoms with Gasteiger partial charge in [0, 0.05) is 16.3 Å². The van der Waals surface area contributed by atoms with Crippen molar-refractivity contribution in [3.63, 3.8) is 0 Å². The molecule has 0 N–H and O–H groups in total. The van der Waals surface area contributed by atoms with E-state index in [0.29, 0.717) is 23.7 Å². The molecule has 0 bridgehead atoms. The fourth-order valence-electron chi connectivity index (χ4n) is 6.92. The van der Waals surface area contributed by atoms with Crippen LogP contribution in [0.15, 0.2) is 177 Å². The van der Waals surface area contributed by atoms with Crippen molar-refractivity contribution in [1.29, 1.82) is 0 Å². The molecule has 0 amide bonds. The summed E-state index contributed by atoms with van der Waals surface area (Å²) >= 11 is 0. The lowest BCUT2D eigenvalue weighted by molar-refractivity contribution is 0.110. The maximum atomic E-state index is 7.37. The van der Waals surface area contributed by atoms with E-state index < -0.39 is 19.9 Å². The number of fused-ring (bicyclic) bond motifs is 7. The molecule has 1 aromatic heterocycles. The molecule has 0 aliphatic carbocycles. The van der Waals surface area contributed by atoms with Gasteiger partial charge in [-0.3, -0.25) is 4.52 Å². The van der Waals surface area contributed by atoms with Gasteiger partial charge in [0.25, 0.3) is 0 Å². The first kappa shape index (κ1) is 28.6. The standard InChI is InChI=1S/C42H30NO4P/c1-4-16-31(17-5-1)41-43-38(28-44-41)42(32-18-6-2-7-19-32,33-20-8-3-9-21-33)47-48-45-36-26-24-29-14-10-12-22-34(29)39(36)40-35-23-13-11-15-30(35)25-27-37(40)46-48/h1-27,38H,28H2/t38-/m0/s1. The van der Waals surface area contributed by atoms with Gasteiger partial charge in [0.15, 0.2) is 5.60 Å². The summed E-state index contributed by atoms with van der Waals surface area (Å²) < 4.78 is 27.5. The van der Waals surface area contributed by atoms with Crippen molar-refractivity contribution in [3.05, 3.63) is 180 Å². The Morgan fingerprint density at radius 1 is 0.542 bits per heavy atom. The molecule has 9 rings (SSSR count). The van der Waals surface area contributed by atoms with Gasteiger partial charge in [-0.2, -0.15) is 0 Å². The van der Waals surface area contributed by atoms with Crippen molar-refractivity contribution in [1.82, 2.24) is 0 Å². The van der Waals surface area contributed by atoms with Crippen LogP contribution in [-0.4, -0.2) is 18.5 Å². The molecule has 2 heterocycles. The Morgan fingerprint density at radius 2 is 1.02 bits per heavy atom. The van der Waals surface area contributed by atoms with Gasteiger partial charge in [-0.25, -0.2) is 4.99 Å². The van der Waals surface area contributed by atoms with E-state index in [1.165, 1.54) is 0 Å². The fourth-order valence-corrected chi connectivity index (χ4v) is 8.22. The number of hydrogen-bond acceptors (Lipinski definition) is 5. The molecule has 0 fully saturated rings. The molecule has 6 heteroatoms. The highest BCUT2D eigenvalue weighted by Crippen LogP contribution is 2.47. The van der Waals surface area contributed by atoms with Crippen molar-refractivity contribution in [2.75, 3.05) is 6.61 Å². The Bertz CT molecular complexity index is 2360. The van der Waals surface area contributed by atoms with Gasteiger partial charge < -0.3 is 13.1 Å². The lowest BCUT2D eigenvalue weighted by atomic mass is 9.80. The number of aliphatic imine (C=N–C) groups is 1. The first-order valence-corrected chi connectivity index (χ1v) is 17.1. The van der Waals surface area contributed by atoms with E-state index in [4.69, 9.17) is 22.6 Å². The number of hydrogen-bond donors (Lipinski definition) is 0. The van der Waals surface area contributed by atoms with Gasteiger partial charge >= 0.3 is 8.24 Å². The molecule has 48 heavy (non-hydrogen) atoms. The minimum Gasteiger partial charge on any atom is -0.475 e. The van der Waals surface area contributed by atoms with E-state index in [0.717, 1.165) is 49.0 Å². The van der Waals surface area contributed by atoms with E-state index in [1.807, 2.05) is 78.9 Å². The number of rotatable bonds is 6. The normalized spacial score (nSPS) is 14.8. The summed E-state index contributed by atoms with van der Waals surface area (Å²) in [5, 5.41) is 6.41. The smallest absolute Gasteiger partial charge is 0.388 e. The zero-order chi connectivity index (χ0) is 31.9. The third-order valence-corrected chi connectivity index (χ3v) is 10.3. The van der Waals surface area contributed by atoms with Crippen LogP contribution < -0.4 is 4.52 Å². The van der Waals surface area contributed by atoms with Crippen molar-refractivity contribution in [3.8, 4) is 0 Å². The fraction of sp³-hybridized carbons (Fsp3) is 0.0714. The van der Waals surface area contributed by atoms with Gasteiger partial charge in [0.2, 0.25) is 5.90 Å². The molecule has 0 unspecified atom stereocenters. The average Bonchev–Trinajstić information content (AvgIpc) is 3.59. The molecule has 1 aliphatic heterocycles. The molecule has 8 aromatic rings. The average molecular weight is 644 g/mol. The zero-order valence-corrected chi connectivity index (χ0v) is 26.8. The molecule has 0 spiro atoms. The Kier molecular flexibility index (Phi) is 7.08. The van der Waals surface area contributed by atoms with Crippen LogP contribution in [0.2, 0.25) is 0 Å². The van der Waals surface area contributed by atoms with E-state index in [2.05, 4.69) is 84.9 Å². The van der Waals surface area contributed by atoms with Crippen LogP contribution >= 0.6 is 8.24 Å². The largest absolute Gasteiger partial charge is 0.475 e. The molecule has 0 saturated heterocycles. The molecule has 1 aliphatic rings.